The van der Waals surface area contributed by atoms with E-state index in [-0.39, 0.29) is 25.0 Å². The van der Waals surface area contributed by atoms with Crippen LogP contribution < -0.4 is 0 Å². The maximum Gasteiger partial charge on any atom is 0.331 e. The van der Waals surface area contributed by atoms with Crippen LogP contribution in [-0.4, -0.2) is 54.5 Å². The average molecular weight is 736 g/mol. The zero-order valence-corrected chi connectivity index (χ0v) is 28.6. The van der Waals surface area contributed by atoms with Crippen molar-refractivity contribution in [3.63, 3.8) is 0 Å². The van der Waals surface area contributed by atoms with Gasteiger partial charge in [-0.15, -0.1) is 0 Å². The van der Waals surface area contributed by atoms with Crippen LogP contribution in [0.1, 0.15) is 47.2 Å². The second-order valence-electron chi connectivity index (χ2n) is 10.1. The van der Waals surface area contributed by atoms with Gasteiger partial charge in [-0.1, -0.05) is 48.2 Å². The molecule has 2 heterocycles. The summed E-state index contributed by atoms with van der Waals surface area (Å²) in [5, 5.41) is 23.5. The molecule has 2 aromatic carbocycles. The number of nitrogens with zero attached hydrogens (tertiary/aromatic N) is 4. The van der Waals surface area contributed by atoms with E-state index in [2.05, 4.69) is 41.8 Å². The maximum absolute atomic E-state index is 13.0. The Labute approximate surface area is 271 Å². The fraction of sp³-hybridized carbons (Fsp3) is 0.400. The summed E-state index contributed by atoms with van der Waals surface area (Å²) in [6.07, 6.45) is 3.12. The summed E-state index contributed by atoms with van der Waals surface area (Å²) in [5.41, 5.74) is 5.56. The van der Waals surface area contributed by atoms with Gasteiger partial charge in [-0.3, -0.25) is 20.2 Å². The molecule has 2 aliphatic heterocycles. The van der Waals surface area contributed by atoms with Gasteiger partial charge in [-0.25, -0.2) is 9.98 Å². The number of benzene rings is 2. The molecule has 4 rings (SSSR count). The number of alkyl halides is 2. The molecule has 0 bridgehead atoms. The van der Waals surface area contributed by atoms with Crippen LogP contribution in [0.25, 0.3) is 11.1 Å². The summed E-state index contributed by atoms with van der Waals surface area (Å²) in [5.74, 6) is 0.369. The topological polar surface area (TPSA) is 129 Å². The molecule has 0 saturated carbocycles. The van der Waals surface area contributed by atoms with E-state index >= 15 is 0 Å². The quantitative estimate of drug-likeness (QED) is 0.120. The number of aliphatic imine (C=N–C) groups is 2. The first kappa shape index (κ1) is 32.9. The second kappa shape index (κ2) is 12.9. The minimum absolute atomic E-state index is 0.184. The average Bonchev–Trinajstić information content (AvgIpc) is 2.95. The van der Waals surface area contributed by atoms with Crippen molar-refractivity contribution in [2.75, 3.05) is 13.2 Å². The van der Waals surface area contributed by atoms with Crippen molar-refractivity contribution in [1.29, 1.82) is 0 Å². The maximum atomic E-state index is 13.0. The highest BCUT2D eigenvalue weighted by atomic mass is 79.9. The standard InChI is InChI=1S/C30H32Br2N4O6S/c1-7-41-25-15-23(21-13-9-11-17(3)19(21)5)29(31,35(37)38)27(33-25)43-28-30(32,36(39)40)24(16-26(34-28)42-8-2)22-14-10-12-18(4)20(22)6/h9-16,27-28H,7-8H2,1-6H3. The lowest BCUT2D eigenvalue weighted by atomic mass is 9.90. The summed E-state index contributed by atoms with van der Waals surface area (Å²) in [6.45, 7) is 11.8. The Morgan fingerprint density at radius 1 is 0.767 bits per heavy atom. The molecule has 4 unspecified atom stereocenters. The van der Waals surface area contributed by atoms with Crippen LogP contribution in [0.5, 0.6) is 0 Å². The fourth-order valence-electron chi connectivity index (χ4n) is 5.01. The van der Waals surface area contributed by atoms with Gasteiger partial charge in [0.2, 0.25) is 11.8 Å². The Kier molecular flexibility index (Phi) is 9.87. The number of dihydropyridines is 2. The lowest BCUT2D eigenvalue weighted by Crippen LogP contribution is -2.50. The van der Waals surface area contributed by atoms with E-state index in [1.165, 1.54) is 0 Å². The molecule has 10 nitrogen and oxygen atoms in total. The van der Waals surface area contributed by atoms with Crippen LogP contribution in [0.2, 0.25) is 0 Å². The molecule has 0 aliphatic carbocycles. The van der Waals surface area contributed by atoms with Gasteiger partial charge in [0, 0.05) is 53.9 Å². The molecule has 4 atom stereocenters. The minimum Gasteiger partial charge on any atom is -0.478 e. The lowest BCUT2D eigenvalue weighted by molar-refractivity contribution is -0.519. The summed E-state index contributed by atoms with van der Waals surface area (Å²) in [6, 6.07) is 11.1. The summed E-state index contributed by atoms with van der Waals surface area (Å²) >= 11 is 7.83. The number of halogens is 2. The SMILES string of the molecule is CCOC1=NC(SC2N=C(OCC)C=C(c3cccc(C)c3C)C2(Br)[N+](=O)[O-])C(Br)([N+](=O)[O-])C(c2cccc(C)c2C)=C1. The zero-order valence-electron chi connectivity index (χ0n) is 24.6. The summed E-state index contributed by atoms with van der Waals surface area (Å²) in [7, 11) is 0. The van der Waals surface area contributed by atoms with Crippen molar-refractivity contribution in [1.82, 2.24) is 0 Å². The van der Waals surface area contributed by atoms with Crippen molar-refractivity contribution >= 4 is 66.6 Å². The fourth-order valence-corrected chi connectivity index (χ4v) is 7.87. The molecule has 43 heavy (non-hydrogen) atoms. The molecule has 0 aromatic heterocycles. The van der Waals surface area contributed by atoms with Gasteiger partial charge in [0.1, 0.15) is 0 Å². The highest BCUT2D eigenvalue weighted by Gasteiger charge is 2.62. The molecular weight excluding hydrogens is 704 g/mol. The molecular formula is C30H32Br2N4O6S. The van der Waals surface area contributed by atoms with E-state index in [1.807, 2.05) is 64.1 Å². The van der Waals surface area contributed by atoms with Gasteiger partial charge >= 0.3 is 8.90 Å². The monoisotopic (exact) mass is 734 g/mol. The van der Waals surface area contributed by atoms with Crippen LogP contribution in [0.4, 0.5) is 0 Å². The highest BCUT2D eigenvalue weighted by molar-refractivity contribution is 9.10. The molecule has 0 saturated heterocycles. The number of thioether (sulfide) groups is 1. The van der Waals surface area contributed by atoms with Crippen LogP contribution in [-0.2, 0) is 9.47 Å². The third-order valence-corrected chi connectivity index (χ3v) is 11.9. The number of rotatable bonds is 8. The molecule has 0 radical (unpaired) electrons. The number of hydrogen-bond donors (Lipinski definition) is 0. The lowest BCUT2D eigenvalue weighted by Gasteiger charge is -2.36. The van der Waals surface area contributed by atoms with Gasteiger partial charge in [-0.2, -0.15) is 0 Å². The Balaban J connectivity index is 1.92. The molecule has 0 N–H and O–H groups in total. The van der Waals surface area contributed by atoms with Gasteiger partial charge in [0.15, 0.2) is 10.7 Å². The van der Waals surface area contributed by atoms with Crippen molar-refractivity contribution < 1.29 is 19.3 Å². The van der Waals surface area contributed by atoms with Crippen LogP contribution >= 0.6 is 43.6 Å². The van der Waals surface area contributed by atoms with E-state index in [4.69, 9.17) is 9.47 Å². The van der Waals surface area contributed by atoms with Crippen LogP contribution in [0.15, 0.2) is 58.5 Å². The van der Waals surface area contributed by atoms with Gasteiger partial charge < -0.3 is 9.47 Å². The largest absolute Gasteiger partial charge is 0.478 e. The van der Waals surface area contributed by atoms with Gasteiger partial charge in [0.05, 0.1) is 24.4 Å². The van der Waals surface area contributed by atoms with E-state index in [9.17, 15) is 20.2 Å². The Bertz CT molecular complexity index is 1480. The second-order valence-corrected chi connectivity index (χ2v) is 13.7. The normalized spacial score (nSPS) is 25.2. The van der Waals surface area contributed by atoms with E-state index in [0.717, 1.165) is 34.0 Å². The van der Waals surface area contributed by atoms with Crippen molar-refractivity contribution in [2.24, 2.45) is 9.98 Å². The first-order chi connectivity index (χ1) is 20.3. The summed E-state index contributed by atoms with van der Waals surface area (Å²) in [4.78, 5) is 34.3. The Morgan fingerprint density at radius 2 is 1.14 bits per heavy atom. The number of ether oxygens (including phenoxy) is 2. The summed E-state index contributed by atoms with van der Waals surface area (Å²) < 4.78 is 7.61. The number of aryl methyl sites for hydroxylation is 2. The van der Waals surface area contributed by atoms with Gasteiger partial charge in [0.25, 0.3) is 0 Å². The first-order valence-corrected chi connectivity index (χ1v) is 16.1. The van der Waals surface area contributed by atoms with Crippen LogP contribution in [0.3, 0.4) is 0 Å². The molecule has 2 aromatic rings. The first-order valence-electron chi connectivity index (χ1n) is 13.6. The van der Waals surface area contributed by atoms with Crippen molar-refractivity contribution in [2.45, 2.75) is 61.2 Å². The predicted octanol–water partition coefficient (Wildman–Crippen LogP) is 7.41. The number of nitro groups is 2. The Morgan fingerprint density at radius 3 is 1.47 bits per heavy atom. The molecule has 0 spiro atoms. The van der Waals surface area contributed by atoms with Crippen molar-refractivity contribution in [3.8, 4) is 0 Å². The highest BCUT2D eigenvalue weighted by Crippen LogP contribution is 2.53. The molecule has 2 aliphatic rings. The van der Waals surface area contributed by atoms with Gasteiger partial charge in [-0.05, 0) is 74.9 Å². The predicted molar refractivity (Wildman–Crippen MR) is 178 cm³/mol. The van der Waals surface area contributed by atoms with E-state index in [0.29, 0.717) is 22.3 Å². The smallest absolute Gasteiger partial charge is 0.331 e. The third kappa shape index (κ3) is 5.91. The van der Waals surface area contributed by atoms with Crippen molar-refractivity contribution in [3.05, 3.63) is 102 Å². The molecule has 0 amide bonds. The molecule has 0 fully saturated rings. The zero-order chi connectivity index (χ0) is 31.7. The van der Waals surface area contributed by atoms with E-state index in [1.54, 1.807) is 26.0 Å². The molecule has 228 valence electrons. The molecule has 13 heteroatoms. The van der Waals surface area contributed by atoms with Crippen LogP contribution in [0, 0.1) is 47.9 Å². The third-order valence-electron chi connectivity index (χ3n) is 7.60. The van der Waals surface area contributed by atoms with E-state index < -0.39 is 29.5 Å². The minimum atomic E-state index is -1.97. The Hall–Kier alpha value is -3.03. The number of hydrogen-bond acceptors (Lipinski definition) is 9.